The van der Waals surface area contributed by atoms with Gasteiger partial charge in [-0.25, -0.2) is 0 Å². The van der Waals surface area contributed by atoms with Crippen LogP contribution in [0.3, 0.4) is 0 Å². The smallest absolute Gasteiger partial charge is 0.222 e. The Morgan fingerprint density at radius 3 is 2.59 bits per heavy atom. The summed E-state index contributed by atoms with van der Waals surface area (Å²) in [5.74, 6) is 0.135. The Bertz CT molecular complexity index is 561. The highest BCUT2D eigenvalue weighted by molar-refractivity contribution is 6.30. The van der Waals surface area contributed by atoms with Crippen molar-refractivity contribution in [1.29, 1.82) is 0 Å². The molecular formula is C17H23ClN2O2. The molecule has 4 nitrogen and oxygen atoms in total. The van der Waals surface area contributed by atoms with Crippen LogP contribution in [-0.4, -0.2) is 36.2 Å². The Hall–Kier alpha value is -1.55. The number of carbonyl (C=O) groups excluding carboxylic acids is 1. The monoisotopic (exact) mass is 322 g/mol. The van der Waals surface area contributed by atoms with Crippen LogP contribution in [-0.2, 0) is 9.63 Å². The van der Waals surface area contributed by atoms with E-state index in [1.807, 2.05) is 31.3 Å². The van der Waals surface area contributed by atoms with Crippen molar-refractivity contribution in [3.63, 3.8) is 0 Å². The number of likely N-dealkylation sites (N-methyl/N-ethyl adjacent to an activating group) is 1. The fourth-order valence-corrected chi connectivity index (χ4v) is 2.46. The highest BCUT2D eigenvalue weighted by Gasteiger charge is 2.26. The molecule has 1 aromatic carbocycles. The summed E-state index contributed by atoms with van der Waals surface area (Å²) in [6, 6.07) is 7.54. The van der Waals surface area contributed by atoms with Crippen LogP contribution in [0.4, 0.5) is 0 Å². The molecule has 1 aliphatic heterocycles. The second-order valence-electron chi connectivity index (χ2n) is 6.99. The van der Waals surface area contributed by atoms with E-state index in [1.165, 1.54) is 0 Å². The van der Waals surface area contributed by atoms with E-state index < -0.39 is 0 Å². The van der Waals surface area contributed by atoms with Crippen molar-refractivity contribution in [3.05, 3.63) is 34.9 Å². The summed E-state index contributed by atoms with van der Waals surface area (Å²) in [5, 5.41) is 4.84. The predicted molar refractivity (Wildman–Crippen MR) is 89.2 cm³/mol. The van der Waals surface area contributed by atoms with Crippen LogP contribution in [0, 0.1) is 5.41 Å². The van der Waals surface area contributed by atoms with Crippen molar-refractivity contribution >= 4 is 23.2 Å². The van der Waals surface area contributed by atoms with Gasteiger partial charge in [-0.15, -0.1) is 0 Å². The molecule has 22 heavy (non-hydrogen) atoms. The first-order valence-electron chi connectivity index (χ1n) is 7.47. The SMILES string of the molecule is CN(C[C@H]1CC(c2ccc(Cl)cc2)=NO1)C(=O)CC(C)(C)C. The van der Waals surface area contributed by atoms with E-state index in [2.05, 4.69) is 25.9 Å². The highest BCUT2D eigenvalue weighted by atomic mass is 35.5. The quantitative estimate of drug-likeness (QED) is 0.847. The van der Waals surface area contributed by atoms with Crippen molar-refractivity contribution in [2.45, 2.75) is 39.7 Å². The number of benzene rings is 1. The topological polar surface area (TPSA) is 41.9 Å². The van der Waals surface area contributed by atoms with Crippen LogP contribution < -0.4 is 0 Å². The molecular weight excluding hydrogens is 300 g/mol. The van der Waals surface area contributed by atoms with Crippen LogP contribution >= 0.6 is 11.6 Å². The molecule has 0 unspecified atom stereocenters. The number of rotatable bonds is 4. The lowest BCUT2D eigenvalue weighted by molar-refractivity contribution is -0.133. The second kappa shape index (κ2) is 6.69. The Balaban J connectivity index is 1.87. The van der Waals surface area contributed by atoms with Gasteiger partial charge in [-0.2, -0.15) is 0 Å². The van der Waals surface area contributed by atoms with E-state index in [4.69, 9.17) is 16.4 Å². The fourth-order valence-electron chi connectivity index (χ4n) is 2.33. The average molecular weight is 323 g/mol. The number of hydrogen-bond acceptors (Lipinski definition) is 3. The zero-order valence-corrected chi connectivity index (χ0v) is 14.4. The Morgan fingerprint density at radius 1 is 1.36 bits per heavy atom. The second-order valence-corrected chi connectivity index (χ2v) is 7.42. The third-order valence-corrected chi connectivity index (χ3v) is 3.75. The summed E-state index contributed by atoms with van der Waals surface area (Å²) in [7, 11) is 1.82. The van der Waals surface area contributed by atoms with E-state index in [-0.39, 0.29) is 17.4 Å². The van der Waals surface area contributed by atoms with Crippen molar-refractivity contribution in [2.24, 2.45) is 10.6 Å². The molecule has 2 rings (SSSR count). The Labute approximate surface area is 137 Å². The number of nitrogens with zero attached hydrogens (tertiary/aromatic N) is 2. The lowest BCUT2D eigenvalue weighted by atomic mass is 9.91. The summed E-state index contributed by atoms with van der Waals surface area (Å²) >= 11 is 5.89. The van der Waals surface area contributed by atoms with Gasteiger partial charge in [-0.3, -0.25) is 4.79 Å². The lowest BCUT2D eigenvalue weighted by Crippen LogP contribution is -2.36. The van der Waals surface area contributed by atoms with E-state index >= 15 is 0 Å². The van der Waals surface area contributed by atoms with E-state index in [0.717, 1.165) is 11.3 Å². The average Bonchev–Trinajstić information content (AvgIpc) is 2.86. The van der Waals surface area contributed by atoms with Crippen molar-refractivity contribution in [3.8, 4) is 0 Å². The van der Waals surface area contributed by atoms with Gasteiger partial charge in [-0.05, 0) is 23.1 Å². The van der Waals surface area contributed by atoms with Crippen molar-refractivity contribution < 1.29 is 9.63 Å². The number of oxime groups is 1. The van der Waals surface area contributed by atoms with Crippen LogP contribution in [0.1, 0.15) is 39.2 Å². The standard InChI is InChI=1S/C17H23ClN2O2/c1-17(2,3)10-16(21)20(4)11-14-9-15(19-22-14)12-5-7-13(18)8-6-12/h5-8,14H,9-11H2,1-4H3/t14-/m1/s1. The van der Waals surface area contributed by atoms with Crippen LogP contribution in [0.25, 0.3) is 0 Å². The molecule has 1 aromatic rings. The molecule has 0 N–H and O–H groups in total. The molecule has 0 aromatic heterocycles. The maximum absolute atomic E-state index is 12.2. The van der Waals surface area contributed by atoms with Gasteiger partial charge in [0.1, 0.15) is 0 Å². The molecule has 1 aliphatic rings. The van der Waals surface area contributed by atoms with Gasteiger partial charge in [-0.1, -0.05) is 49.7 Å². The number of halogens is 1. The van der Waals surface area contributed by atoms with Gasteiger partial charge in [0, 0.05) is 24.9 Å². The summed E-state index contributed by atoms with van der Waals surface area (Å²) < 4.78 is 0. The minimum atomic E-state index is -0.0837. The van der Waals surface area contributed by atoms with E-state index in [9.17, 15) is 4.79 Å². The van der Waals surface area contributed by atoms with Crippen molar-refractivity contribution in [2.75, 3.05) is 13.6 Å². The fraction of sp³-hybridized carbons (Fsp3) is 0.529. The largest absolute Gasteiger partial charge is 0.390 e. The first kappa shape index (κ1) is 16.8. The van der Waals surface area contributed by atoms with Crippen LogP contribution in [0.5, 0.6) is 0 Å². The third-order valence-electron chi connectivity index (χ3n) is 3.50. The van der Waals surface area contributed by atoms with E-state index in [1.54, 1.807) is 4.90 Å². The molecule has 1 atom stereocenters. The van der Waals surface area contributed by atoms with Crippen LogP contribution in [0.2, 0.25) is 5.02 Å². The van der Waals surface area contributed by atoms with Gasteiger partial charge in [0.25, 0.3) is 0 Å². The van der Waals surface area contributed by atoms with Gasteiger partial charge in [0.2, 0.25) is 5.91 Å². The molecule has 0 radical (unpaired) electrons. The highest BCUT2D eigenvalue weighted by Crippen LogP contribution is 2.22. The molecule has 0 spiro atoms. The minimum absolute atomic E-state index is 0.00710. The molecule has 1 amide bonds. The third kappa shape index (κ3) is 4.73. The predicted octanol–water partition coefficient (Wildman–Crippen LogP) is 3.73. The lowest BCUT2D eigenvalue weighted by Gasteiger charge is -2.24. The van der Waals surface area contributed by atoms with Gasteiger partial charge < -0.3 is 9.74 Å². The van der Waals surface area contributed by atoms with Gasteiger partial charge in [0.15, 0.2) is 6.10 Å². The zero-order valence-electron chi connectivity index (χ0n) is 13.6. The molecule has 5 heteroatoms. The van der Waals surface area contributed by atoms with E-state index in [0.29, 0.717) is 24.4 Å². The van der Waals surface area contributed by atoms with Gasteiger partial charge in [0.05, 0.1) is 12.3 Å². The Morgan fingerprint density at radius 2 is 2.00 bits per heavy atom. The number of hydrogen-bond donors (Lipinski definition) is 0. The number of amides is 1. The maximum atomic E-state index is 12.2. The van der Waals surface area contributed by atoms with Crippen LogP contribution in [0.15, 0.2) is 29.4 Å². The summed E-state index contributed by atoms with van der Waals surface area (Å²) in [6.07, 6.45) is 1.15. The maximum Gasteiger partial charge on any atom is 0.222 e. The molecule has 0 fully saturated rings. The van der Waals surface area contributed by atoms with Gasteiger partial charge >= 0.3 is 0 Å². The minimum Gasteiger partial charge on any atom is -0.390 e. The summed E-state index contributed by atoms with van der Waals surface area (Å²) in [6.45, 7) is 6.74. The molecule has 0 saturated carbocycles. The molecule has 1 heterocycles. The zero-order chi connectivity index (χ0) is 16.3. The summed E-state index contributed by atoms with van der Waals surface area (Å²) in [5.41, 5.74) is 1.90. The molecule has 0 saturated heterocycles. The molecule has 0 aliphatic carbocycles. The summed E-state index contributed by atoms with van der Waals surface area (Å²) in [4.78, 5) is 19.3. The first-order chi connectivity index (χ1) is 10.2. The molecule has 120 valence electrons. The molecule has 0 bridgehead atoms. The first-order valence-corrected chi connectivity index (χ1v) is 7.85. The van der Waals surface area contributed by atoms with Crippen molar-refractivity contribution in [1.82, 2.24) is 4.90 Å². The normalized spacial score (nSPS) is 17.9. The number of carbonyl (C=O) groups is 1. The Kier molecular flexibility index (Phi) is 5.12.